The fourth-order valence-electron chi connectivity index (χ4n) is 1.47. The van der Waals surface area contributed by atoms with Crippen LogP contribution in [0.4, 0.5) is 14.6 Å². The standard InChI is InChI=1S/C10H11F2N5O2/c1-17-7(4-6(16-17)5-19-10(11)12)9(18)14-8-2-3-13-15-8/h2-4,10H,5H2,1H3,(H2,13,14,15,18). The highest BCUT2D eigenvalue weighted by atomic mass is 19.3. The van der Waals surface area contributed by atoms with Crippen molar-refractivity contribution in [2.75, 3.05) is 5.32 Å². The number of amides is 1. The topological polar surface area (TPSA) is 84.8 Å². The van der Waals surface area contributed by atoms with E-state index in [2.05, 4.69) is 25.3 Å². The fraction of sp³-hybridized carbons (Fsp3) is 0.300. The molecule has 0 saturated carbocycles. The molecule has 0 fully saturated rings. The summed E-state index contributed by atoms with van der Waals surface area (Å²) in [6, 6.07) is 2.96. The van der Waals surface area contributed by atoms with E-state index in [9.17, 15) is 13.6 Å². The van der Waals surface area contributed by atoms with Crippen molar-refractivity contribution in [3.63, 3.8) is 0 Å². The molecule has 2 aromatic heterocycles. The van der Waals surface area contributed by atoms with Crippen LogP contribution in [0.1, 0.15) is 16.2 Å². The van der Waals surface area contributed by atoms with Crippen molar-refractivity contribution in [3.8, 4) is 0 Å². The fourth-order valence-corrected chi connectivity index (χ4v) is 1.47. The van der Waals surface area contributed by atoms with E-state index < -0.39 is 12.5 Å². The van der Waals surface area contributed by atoms with Crippen molar-refractivity contribution >= 4 is 11.7 Å². The van der Waals surface area contributed by atoms with E-state index in [0.717, 1.165) is 0 Å². The van der Waals surface area contributed by atoms with E-state index in [4.69, 9.17) is 0 Å². The number of carbonyl (C=O) groups is 1. The lowest BCUT2D eigenvalue weighted by atomic mass is 10.3. The number of anilines is 1. The van der Waals surface area contributed by atoms with E-state index in [1.165, 1.54) is 24.0 Å². The molecule has 0 radical (unpaired) electrons. The molecule has 2 rings (SSSR count). The zero-order valence-electron chi connectivity index (χ0n) is 9.93. The number of nitrogens with one attached hydrogen (secondary N) is 2. The summed E-state index contributed by atoms with van der Waals surface area (Å²) < 4.78 is 29.2. The SMILES string of the molecule is Cn1nc(COC(F)F)cc1C(=O)Nc1ccn[nH]1. The van der Waals surface area contributed by atoms with Gasteiger partial charge in [0, 0.05) is 13.1 Å². The van der Waals surface area contributed by atoms with Gasteiger partial charge in [-0.25, -0.2) is 0 Å². The lowest BCUT2D eigenvalue weighted by Gasteiger charge is -2.01. The van der Waals surface area contributed by atoms with Gasteiger partial charge in [-0.05, 0) is 6.07 Å². The Bertz CT molecular complexity index is 552. The smallest absolute Gasteiger partial charge is 0.316 e. The predicted octanol–water partition coefficient (Wildman–Crippen LogP) is 1.13. The van der Waals surface area contributed by atoms with Gasteiger partial charge in [0.15, 0.2) is 0 Å². The average molecular weight is 271 g/mol. The lowest BCUT2D eigenvalue weighted by molar-refractivity contribution is -0.138. The van der Waals surface area contributed by atoms with Gasteiger partial charge in [0.2, 0.25) is 0 Å². The number of hydrogen-bond donors (Lipinski definition) is 2. The number of carbonyl (C=O) groups excluding carboxylic acids is 1. The molecule has 2 heterocycles. The Morgan fingerprint density at radius 1 is 1.63 bits per heavy atom. The summed E-state index contributed by atoms with van der Waals surface area (Å²) >= 11 is 0. The van der Waals surface area contributed by atoms with Crippen LogP contribution in [0.3, 0.4) is 0 Å². The molecule has 19 heavy (non-hydrogen) atoms. The van der Waals surface area contributed by atoms with Gasteiger partial charge in [-0.3, -0.25) is 14.6 Å². The Hall–Kier alpha value is -2.29. The number of alkyl halides is 2. The Kier molecular flexibility index (Phi) is 3.85. The van der Waals surface area contributed by atoms with Crippen LogP contribution >= 0.6 is 0 Å². The van der Waals surface area contributed by atoms with Crippen LogP contribution in [0.5, 0.6) is 0 Å². The van der Waals surface area contributed by atoms with Gasteiger partial charge in [0.1, 0.15) is 11.5 Å². The Morgan fingerprint density at radius 2 is 2.42 bits per heavy atom. The molecule has 0 aliphatic carbocycles. The molecule has 0 aliphatic rings. The highest BCUT2D eigenvalue weighted by molar-refractivity contribution is 6.02. The summed E-state index contributed by atoms with van der Waals surface area (Å²) in [6.07, 6.45) is 1.49. The summed E-state index contributed by atoms with van der Waals surface area (Å²) in [5, 5.41) is 12.7. The molecule has 2 N–H and O–H groups in total. The van der Waals surface area contributed by atoms with Crippen molar-refractivity contribution in [2.45, 2.75) is 13.2 Å². The first kappa shape index (κ1) is 13.1. The molecule has 0 saturated heterocycles. The van der Waals surface area contributed by atoms with Gasteiger partial charge in [-0.1, -0.05) is 0 Å². The molecule has 0 aromatic carbocycles. The lowest BCUT2D eigenvalue weighted by Crippen LogP contribution is -2.16. The van der Waals surface area contributed by atoms with Gasteiger partial charge in [-0.15, -0.1) is 0 Å². The molecule has 0 spiro atoms. The third-order valence-corrected chi connectivity index (χ3v) is 2.27. The zero-order valence-corrected chi connectivity index (χ0v) is 9.93. The Labute approximate surface area is 106 Å². The van der Waals surface area contributed by atoms with Gasteiger partial charge in [0.05, 0.1) is 18.5 Å². The first-order valence-electron chi connectivity index (χ1n) is 5.29. The Morgan fingerprint density at radius 3 is 3.05 bits per heavy atom. The summed E-state index contributed by atoms with van der Waals surface area (Å²) in [5.74, 6) is -0.000808. The van der Waals surface area contributed by atoms with Crippen LogP contribution in [0.25, 0.3) is 0 Å². The molecular formula is C10H11F2N5O2. The monoisotopic (exact) mass is 271 g/mol. The van der Waals surface area contributed by atoms with Crippen LogP contribution in [-0.2, 0) is 18.4 Å². The number of H-pyrrole nitrogens is 1. The predicted molar refractivity (Wildman–Crippen MR) is 60.5 cm³/mol. The second-order valence-electron chi connectivity index (χ2n) is 3.64. The molecule has 0 atom stereocenters. The molecule has 1 amide bonds. The van der Waals surface area contributed by atoms with Gasteiger partial charge < -0.3 is 10.1 Å². The molecule has 0 unspecified atom stereocenters. The van der Waals surface area contributed by atoms with Crippen LogP contribution in [0, 0.1) is 0 Å². The third-order valence-electron chi connectivity index (χ3n) is 2.27. The van der Waals surface area contributed by atoms with Crippen molar-refractivity contribution < 1.29 is 18.3 Å². The molecule has 102 valence electrons. The summed E-state index contributed by atoms with van der Waals surface area (Å²) in [5.41, 5.74) is 0.472. The maximum absolute atomic E-state index is 11.9. The number of aromatic amines is 1. The van der Waals surface area contributed by atoms with Crippen LogP contribution in [-0.4, -0.2) is 32.5 Å². The normalized spacial score (nSPS) is 10.9. The first-order chi connectivity index (χ1) is 9.06. The second-order valence-corrected chi connectivity index (χ2v) is 3.64. The largest absolute Gasteiger partial charge is 0.345 e. The minimum atomic E-state index is -2.87. The highest BCUT2D eigenvalue weighted by Crippen LogP contribution is 2.09. The number of aryl methyl sites for hydroxylation is 1. The van der Waals surface area contributed by atoms with E-state index >= 15 is 0 Å². The number of nitrogens with zero attached hydrogens (tertiary/aromatic N) is 3. The average Bonchev–Trinajstić information content (AvgIpc) is 2.96. The summed E-state index contributed by atoms with van der Waals surface area (Å²) in [7, 11) is 1.54. The second kappa shape index (κ2) is 5.57. The Balaban J connectivity index is 2.05. The zero-order chi connectivity index (χ0) is 13.8. The maximum atomic E-state index is 11.9. The number of halogens is 2. The minimum Gasteiger partial charge on any atom is -0.316 e. The number of aromatic nitrogens is 4. The summed E-state index contributed by atoms with van der Waals surface area (Å²) in [6.45, 7) is -3.23. The van der Waals surface area contributed by atoms with E-state index in [1.54, 1.807) is 6.07 Å². The number of hydrogen-bond acceptors (Lipinski definition) is 4. The van der Waals surface area contributed by atoms with Crippen LogP contribution < -0.4 is 5.32 Å². The quantitative estimate of drug-likeness (QED) is 0.853. The van der Waals surface area contributed by atoms with Crippen molar-refractivity contribution in [1.29, 1.82) is 0 Å². The van der Waals surface area contributed by atoms with Crippen molar-refractivity contribution in [1.82, 2.24) is 20.0 Å². The first-order valence-corrected chi connectivity index (χ1v) is 5.29. The van der Waals surface area contributed by atoms with Crippen molar-refractivity contribution in [2.24, 2.45) is 7.05 Å². The third kappa shape index (κ3) is 3.35. The van der Waals surface area contributed by atoms with Crippen molar-refractivity contribution in [3.05, 3.63) is 29.7 Å². The van der Waals surface area contributed by atoms with Gasteiger partial charge >= 0.3 is 6.61 Å². The molecule has 7 nitrogen and oxygen atoms in total. The van der Waals surface area contributed by atoms with Crippen LogP contribution in [0.15, 0.2) is 18.3 Å². The molecule has 0 bridgehead atoms. The molecule has 2 aromatic rings. The van der Waals surface area contributed by atoms with Crippen LogP contribution in [0.2, 0.25) is 0 Å². The van der Waals surface area contributed by atoms with E-state index in [0.29, 0.717) is 5.82 Å². The minimum absolute atomic E-state index is 0.225. The number of ether oxygens (including phenoxy) is 1. The molecule has 9 heteroatoms. The molecule has 0 aliphatic heterocycles. The highest BCUT2D eigenvalue weighted by Gasteiger charge is 2.15. The summed E-state index contributed by atoms with van der Waals surface area (Å²) in [4.78, 5) is 11.9. The van der Waals surface area contributed by atoms with Gasteiger partial charge in [0.25, 0.3) is 5.91 Å². The molecular weight excluding hydrogens is 260 g/mol. The maximum Gasteiger partial charge on any atom is 0.345 e. The van der Waals surface area contributed by atoms with Gasteiger partial charge in [-0.2, -0.15) is 19.0 Å². The van der Waals surface area contributed by atoms with E-state index in [-0.39, 0.29) is 18.0 Å². The van der Waals surface area contributed by atoms with E-state index in [1.807, 2.05) is 0 Å². The number of rotatable bonds is 5.